The number of rotatable bonds is 6. The Morgan fingerprint density at radius 2 is 2.38 bits per heavy atom. The smallest absolute Gasteiger partial charge is 0.306 e. The molecule has 0 aliphatic heterocycles. The summed E-state index contributed by atoms with van der Waals surface area (Å²) in [4.78, 5) is 10.8. The van der Waals surface area contributed by atoms with E-state index in [2.05, 4.69) is 22.6 Å². The lowest BCUT2D eigenvalue weighted by molar-refractivity contribution is -0.142. The van der Waals surface area contributed by atoms with Gasteiger partial charge in [-0.25, -0.2) is 0 Å². The van der Waals surface area contributed by atoms with Crippen molar-refractivity contribution in [2.45, 2.75) is 32.6 Å². The lowest BCUT2D eigenvalue weighted by Gasteiger charge is -2.08. The van der Waals surface area contributed by atoms with Crippen molar-refractivity contribution in [3.63, 3.8) is 0 Å². The molecule has 5 heteroatoms. The average Bonchev–Trinajstić information content (AvgIpc) is 2.52. The number of carboxylic acids is 1. The Kier molecular flexibility index (Phi) is 6.07. The average molecular weight is 373 g/mol. The van der Waals surface area contributed by atoms with Crippen molar-refractivity contribution in [1.82, 2.24) is 0 Å². The largest absolute Gasteiger partial charge is 0.481 e. The van der Waals surface area contributed by atoms with Gasteiger partial charge in [-0.15, -0.1) is 11.3 Å². The van der Waals surface area contributed by atoms with E-state index in [-0.39, 0.29) is 5.92 Å². The molecular formula is C11H14ClIO2S. The molecule has 2 nitrogen and oxygen atoms in total. The van der Waals surface area contributed by atoms with E-state index in [1.807, 2.05) is 13.0 Å². The lowest BCUT2D eigenvalue weighted by atomic mass is 9.98. The molecule has 1 N–H and O–H groups in total. The first-order valence-electron chi connectivity index (χ1n) is 5.21. The van der Waals surface area contributed by atoms with Crippen LogP contribution in [-0.2, 0) is 11.2 Å². The molecule has 0 saturated heterocycles. The van der Waals surface area contributed by atoms with Gasteiger partial charge in [0, 0.05) is 0 Å². The first kappa shape index (κ1) is 14.3. The first-order chi connectivity index (χ1) is 7.54. The van der Waals surface area contributed by atoms with Crippen LogP contribution in [-0.4, -0.2) is 11.1 Å². The minimum Gasteiger partial charge on any atom is -0.481 e. The van der Waals surface area contributed by atoms with Gasteiger partial charge < -0.3 is 5.11 Å². The molecule has 16 heavy (non-hydrogen) atoms. The van der Waals surface area contributed by atoms with Gasteiger partial charge in [0.25, 0.3) is 0 Å². The molecule has 1 heterocycles. The Morgan fingerprint density at radius 1 is 1.69 bits per heavy atom. The quantitative estimate of drug-likeness (QED) is 0.750. The zero-order valence-corrected chi connectivity index (χ0v) is 12.7. The molecule has 0 fully saturated rings. The van der Waals surface area contributed by atoms with Crippen LogP contribution < -0.4 is 0 Å². The fourth-order valence-corrected chi connectivity index (χ4v) is 4.14. The van der Waals surface area contributed by atoms with E-state index < -0.39 is 5.97 Å². The molecular weight excluding hydrogens is 359 g/mol. The van der Waals surface area contributed by atoms with E-state index in [0.717, 1.165) is 23.6 Å². The zero-order chi connectivity index (χ0) is 12.1. The third kappa shape index (κ3) is 4.22. The third-order valence-corrected chi connectivity index (χ3v) is 5.02. The topological polar surface area (TPSA) is 37.3 Å². The van der Waals surface area contributed by atoms with Crippen molar-refractivity contribution in [3.05, 3.63) is 18.9 Å². The molecule has 0 aliphatic carbocycles. The van der Waals surface area contributed by atoms with E-state index in [1.54, 1.807) is 11.3 Å². The second-order valence-corrected chi connectivity index (χ2v) is 7.18. The highest BCUT2D eigenvalue weighted by atomic mass is 127. The van der Waals surface area contributed by atoms with Gasteiger partial charge in [0.05, 0.1) is 13.1 Å². The Balaban J connectivity index is 2.40. The molecule has 0 radical (unpaired) electrons. The van der Waals surface area contributed by atoms with E-state index in [0.29, 0.717) is 6.42 Å². The van der Waals surface area contributed by atoms with Gasteiger partial charge in [-0.3, -0.25) is 4.79 Å². The highest BCUT2D eigenvalue weighted by Gasteiger charge is 2.14. The van der Waals surface area contributed by atoms with Gasteiger partial charge in [-0.2, -0.15) is 0 Å². The number of hydrogen-bond acceptors (Lipinski definition) is 2. The maximum absolute atomic E-state index is 10.8. The van der Waals surface area contributed by atoms with Crippen molar-refractivity contribution in [2.75, 3.05) is 0 Å². The van der Waals surface area contributed by atoms with Gasteiger partial charge in [0.1, 0.15) is 0 Å². The van der Waals surface area contributed by atoms with Crippen LogP contribution >= 0.6 is 45.5 Å². The summed E-state index contributed by atoms with van der Waals surface area (Å²) in [6.07, 6.45) is 3.28. The van der Waals surface area contributed by atoms with Crippen molar-refractivity contribution < 1.29 is 9.90 Å². The molecule has 1 unspecified atom stereocenters. The molecule has 0 amide bonds. The summed E-state index contributed by atoms with van der Waals surface area (Å²) in [5, 5.41) is 8.91. The number of carbonyl (C=O) groups is 1. The predicted octanol–water partition coefficient (Wildman–Crippen LogP) is 4.44. The standard InChI is InChI=1S/C11H14ClIO2S/c1-2-7(11(14)15)4-3-5-8-6-9(12)16-10(8)13/h6-7H,2-5H2,1H3,(H,14,15). The summed E-state index contributed by atoms with van der Waals surface area (Å²) in [5.74, 6) is -0.882. The van der Waals surface area contributed by atoms with Crippen LogP contribution in [0.15, 0.2) is 6.07 Å². The molecule has 1 rings (SSSR count). The number of thiophene rings is 1. The molecule has 0 spiro atoms. The Labute approximate surface area is 118 Å². The van der Waals surface area contributed by atoms with Crippen molar-refractivity contribution in [1.29, 1.82) is 0 Å². The van der Waals surface area contributed by atoms with Crippen LogP contribution in [0.25, 0.3) is 0 Å². The summed E-state index contributed by atoms with van der Waals surface area (Å²) in [7, 11) is 0. The van der Waals surface area contributed by atoms with E-state index in [1.165, 1.54) is 8.45 Å². The molecule has 1 aromatic rings. The molecule has 0 aromatic carbocycles. The van der Waals surface area contributed by atoms with Crippen molar-refractivity contribution in [2.24, 2.45) is 5.92 Å². The SMILES string of the molecule is CCC(CCCc1cc(Cl)sc1I)C(=O)O. The summed E-state index contributed by atoms with van der Waals surface area (Å²) >= 11 is 9.76. The molecule has 90 valence electrons. The first-order valence-corrected chi connectivity index (χ1v) is 7.48. The summed E-state index contributed by atoms with van der Waals surface area (Å²) in [6, 6.07) is 1.98. The minimum absolute atomic E-state index is 0.202. The number of carboxylic acid groups (broad SMARTS) is 1. The normalized spacial score (nSPS) is 12.7. The van der Waals surface area contributed by atoms with Crippen LogP contribution in [0.5, 0.6) is 0 Å². The molecule has 1 atom stereocenters. The summed E-state index contributed by atoms with van der Waals surface area (Å²) in [6.45, 7) is 1.92. The zero-order valence-electron chi connectivity index (χ0n) is 9.00. The fourth-order valence-electron chi connectivity index (χ4n) is 1.59. The lowest BCUT2D eigenvalue weighted by Crippen LogP contribution is -2.12. The summed E-state index contributed by atoms with van der Waals surface area (Å²) in [5.41, 5.74) is 1.25. The third-order valence-electron chi connectivity index (χ3n) is 2.57. The van der Waals surface area contributed by atoms with Crippen molar-refractivity contribution >= 4 is 51.5 Å². The maximum atomic E-state index is 10.8. The second kappa shape index (κ2) is 6.81. The van der Waals surface area contributed by atoms with Gasteiger partial charge in [-0.05, 0) is 59.9 Å². The number of aliphatic carboxylic acids is 1. The maximum Gasteiger partial charge on any atom is 0.306 e. The van der Waals surface area contributed by atoms with Crippen LogP contribution in [0, 0.1) is 8.80 Å². The highest BCUT2D eigenvalue weighted by Crippen LogP contribution is 2.29. The number of aryl methyl sites for hydroxylation is 1. The van der Waals surface area contributed by atoms with Gasteiger partial charge in [0.2, 0.25) is 0 Å². The Morgan fingerprint density at radius 3 is 2.81 bits per heavy atom. The van der Waals surface area contributed by atoms with Crippen molar-refractivity contribution in [3.8, 4) is 0 Å². The van der Waals surface area contributed by atoms with Crippen LogP contribution in [0.4, 0.5) is 0 Å². The highest BCUT2D eigenvalue weighted by molar-refractivity contribution is 14.1. The van der Waals surface area contributed by atoms with Crippen LogP contribution in [0.2, 0.25) is 4.34 Å². The Bertz CT molecular complexity index is 365. The number of hydrogen-bond donors (Lipinski definition) is 1. The van der Waals surface area contributed by atoms with Gasteiger partial charge in [-0.1, -0.05) is 18.5 Å². The Hall–Kier alpha value is 0.190. The fraction of sp³-hybridized carbons (Fsp3) is 0.545. The van der Waals surface area contributed by atoms with E-state index in [9.17, 15) is 4.79 Å². The van der Waals surface area contributed by atoms with E-state index in [4.69, 9.17) is 16.7 Å². The predicted molar refractivity (Wildman–Crippen MR) is 76.4 cm³/mol. The van der Waals surface area contributed by atoms with Crippen LogP contribution in [0.1, 0.15) is 31.7 Å². The summed E-state index contributed by atoms with van der Waals surface area (Å²) < 4.78 is 2.02. The molecule has 0 aliphatic rings. The monoisotopic (exact) mass is 372 g/mol. The second-order valence-electron chi connectivity index (χ2n) is 3.69. The van der Waals surface area contributed by atoms with Gasteiger partial charge >= 0.3 is 5.97 Å². The van der Waals surface area contributed by atoms with Crippen LogP contribution in [0.3, 0.4) is 0 Å². The minimum atomic E-state index is -0.680. The van der Waals surface area contributed by atoms with E-state index >= 15 is 0 Å². The molecule has 0 bridgehead atoms. The number of halogens is 2. The molecule has 1 aromatic heterocycles. The van der Waals surface area contributed by atoms with Gasteiger partial charge in [0.15, 0.2) is 0 Å². The molecule has 0 saturated carbocycles.